The molecule has 4 nitrogen and oxygen atoms in total. The van der Waals surface area contributed by atoms with Gasteiger partial charge in [0.2, 0.25) is 5.91 Å². The Morgan fingerprint density at radius 3 is 2.96 bits per heavy atom. The number of carbonyl (C=O) groups excluding carboxylic acids is 2. The van der Waals surface area contributed by atoms with Gasteiger partial charge < -0.3 is 10.2 Å². The SMILES string of the molecule is C[C@H]1CCc2sc(C(=O)Nc3cccc(N4CCCC4=O)c3)cc2C1. The second-order valence-electron chi connectivity index (χ2n) is 7.06. The predicted octanol–water partition coefficient (Wildman–Crippen LogP) is 4.25. The van der Waals surface area contributed by atoms with E-state index in [0.29, 0.717) is 12.3 Å². The highest BCUT2D eigenvalue weighted by atomic mass is 32.1. The fourth-order valence-electron chi connectivity index (χ4n) is 3.68. The molecule has 0 spiro atoms. The first-order chi connectivity index (χ1) is 12.1. The van der Waals surface area contributed by atoms with Crippen LogP contribution >= 0.6 is 11.3 Å². The fraction of sp³-hybridized carbons (Fsp3) is 0.400. The molecule has 1 fully saturated rings. The van der Waals surface area contributed by atoms with E-state index in [0.717, 1.165) is 42.1 Å². The second-order valence-corrected chi connectivity index (χ2v) is 8.20. The largest absolute Gasteiger partial charge is 0.321 e. The molecule has 25 heavy (non-hydrogen) atoms. The lowest BCUT2D eigenvalue weighted by Crippen LogP contribution is -2.23. The standard InChI is InChI=1S/C20H22N2O2S/c1-13-7-8-17-14(10-13)11-18(25-17)20(24)21-15-4-2-5-16(12-15)22-9-3-6-19(22)23/h2,4-5,11-13H,3,6-10H2,1H3,(H,21,24)/t13-/m0/s1. The summed E-state index contributed by atoms with van der Waals surface area (Å²) in [6.45, 7) is 3.03. The van der Waals surface area contributed by atoms with Crippen molar-refractivity contribution >= 4 is 34.5 Å². The molecule has 1 aliphatic heterocycles. The highest BCUT2D eigenvalue weighted by molar-refractivity contribution is 7.14. The third kappa shape index (κ3) is 3.33. The van der Waals surface area contributed by atoms with Gasteiger partial charge in [0, 0.05) is 29.2 Å². The van der Waals surface area contributed by atoms with Gasteiger partial charge in [-0.15, -0.1) is 11.3 Å². The van der Waals surface area contributed by atoms with E-state index < -0.39 is 0 Å². The molecule has 2 aromatic rings. The molecule has 0 saturated carbocycles. The van der Waals surface area contributed by atoms with Crippen LogP contribution in [0.5, 0.6) is 0 Å². The Kier molecular flexibility index (Phi) is 4.34. The summed E-state index contributed by atoms with van der Waals surface area (Å²) in [5.41, 5.74) is 2.94. The summed E-state index contributed by atoms with van der Waals surface area (Å²) in [5.74, 6) is 0.799. The molecule has 2 amide bonds. The monoisotopic (exact) mass is 354 g/mol. The van der Waals surface area contributed by atoms with E-state index >= 15 is 0 Å². The minimum Gasteiger partial charge on any atom is -0.321 e. The van der Waals surface area contributed by atoms with Gasteiger partial charge >= 0.3 is 0 Å². The Morgan fingerprint density at radius 1 is 1.28 bits per heavy atom. The lowest BCUT2D eigenvalue weighted by molar-refractivity contribution is -0.117. The molecule has 0 unspecified atom stereocenters. The zero-order chi connectivity index (χ0) is 17.4. The highest BCUT2D eigenvalue weighted by Crippen LogP contribution is 2.32. The van der Waals surface area contributed by atoms with E-state index in [4.69, 9.17) is 0 Å². The van der Waals surface area contributed by atoms with Crippen LogP contribution in [0.3, 0.4) is 0 Å². The van der Waals surface area contributed by atoms with Crippen LogP contribution in [0.2, 0.25) is 0 Å². The number of benzene rings is 1. The number of aryl methyl sites for hydroxylation is 1. The van der Waals surface area contributed by atoms with Crippen molar-refractivity contribution in [3.8, 4) is 0 Å². The number of rotatable bonds is 3. The van der Waals surface area contributed by atoms with Gasteiger partial charge in [-0.2, -0.15) is 0 Å². The van der Waals surface area contributed by atoms with Crippen molar-refractivity contribution < 1.29 is 9.59 Å². The first-order valence-corrected chi connectivity index (χ1v) is 9.75. The van der Waals surface area contributed by atoms with Crippen LogP contribution in [0.1, 0.15) is 46.3 Å². The summed E-state index contributed by atoms with van der Waals surface area (Å²) in [5, 5.41) is 2.99. The van der Waals surface area contributed by atoms with Crippen LogP contribution in [-0.2, 0) is 17.6 Å². The van der Waals surface area contributed by atoms with Crippen LogP contribution in [-0.4, -0.2) is 18.4 Å². The Bertz CT molecular complexity index is 827. The van der Waals surface area contributed by atoms with Gasteiger partial charge in [-0.25, -0.2) is 0 Å². The summed E-state index contributed by atoms with van der Waals surface area (Å²) in [6.07, 6.45) is 4.87. The normalized spacial score (nSPS) is 19.8. The summed E-state index contributed by atoms with van der Waals surface area (Å²) < 4.78 is 0. The van der Waals surface area contributed by atoms with Crippen LogP contribution in [0.4, 0.5) is 11.4 Å². The molecule has 1 aromatic heterocycles. The number of fused-ring (bicyclic) bond motifs is 1. The van der Waals surface area contributed by atoms with Gasteiger partial charge in [-0.05, 0) is 61.4 Å². The maximum atomic E-state index is 12.6. The number of nitrogens with one attached hydrogen (secondary N) is 1. The molecule has 1 atom stereocenters. The minimum absolute atomic E-state index is 0.0584. The lowest BCUT2D eigenvalue weighted by Gasteiger charge is -2.16. The first-order valence-electron chi connectivity index (χ1n) is 8.93. The minimum atomic E-state index is -0.0584. The topological polar surface area (TPSA) is 49.4 Å². The van der Waals surface area contributed by atoms with E-state index in [9.17, 15) is 9.59 Å². The van der Waals surface area contributed by atoms with Crippen molar-refractivity contribution in [3.05, 3.63) is 45.6 Å². The number of anilines is 2. The predicted molar refractivity (Wildman–Crippen MR) is 101 cm³/mol. The van der Waals surface area contributed by atoms with Crippen LogP contribution in [0.15, 0.2) is 30.3 Å². The molecule has 4 rings (SSSR count). The Morgan fingerprint density at radius 2 is 2.16 bits per heavy atom. The maximum Gasteiger partial charge on any atom is 0.265 e. The molecule has 5 heteroatoms. The average Bonchev–Trinajstić information content (AvgIpc) is 3.20. The first kappa shape index (κ1) is 16.3. The highest BCUT2D eigenvalue weighted by Gasteiger charge is 2.23. The van der Waals surface area contributed by atoms with Gasteiger partial charge in [0.15, 0.2) is 0 Å². The lowest BCUT2D eigenvalue weighted by atomic mass is 9.90. The number of nitrogens with zero attached hydrogens (tertiary/aromatic N) is 1. The Hall–Kier alpha value is -2.14. The van der Waals surface area contributed by atoms with E-state index in [1.807, 2.05) is 24.3 Å². The number of carbonyl (C=O) groups is 2. The van der Waals surface area contributed by atoms with Gasteiger partial charge in [0.1, 0.15) is 0 Å². The van der Waals surface area contributed by atoms with Crippen molar-refractivity contribution in [1.82, 2.24) is 0 Å². The molecular weight excluding hydrogens is 332 g/mol. The smallest absolute Gasteiger partial charge is 0.265 e. The molecule has 1 N–H and O–H groups in total. The van der Waals surface area contributed by atoms with Crippen molar-refractivity contribution in [2.45, 2.75) is 39.0 Å². The fourth-order valence-corrected chi connectivity index (χ4v) is 4.79. The number of hydrogen-bond acceptors (Lipinski definition) is 3. The van der Waals surface area contributed by atoms with Crippen molar-refractivity contribution in [2.75, 3.05) is 16.8 Å². The number of hydrogen-bond donors (Lipinski definition) is 1. The third-order valence-electron chi connectivity index (χ3n) is 5.04. The molecule has 0 bridgehead atoms. The van der Waals surface area contributed by atoms with Crippen LogP contribution in [0, 0.1) is 5.92 Å². The Balaban J connectivity index is 1.50. The zero-order valence-corrected chi connectivity index (χ0v) is 15.2. The van der Waals surface area contributed by atoms with Crippen molar-refractivity contribution in [3.63, 3.8) is 0 Å². The van der Waals surface area contributed by atoms with Crippen LogP contribution < -0.4 is 10.2 Å². The third-order valence-corrected chi connectivity index (χ3v) is 6.28. The van der Waals surface area contributed by atoms with Gasteiger partial charge in [-0.3, -0.25) is 9.59 Å². The molecule has 130 valence electrons. The quantitative estimate of drug-likeness (QED) is 0.896. The van der Waals surface area contributed by atoms with Gasteiger partial charge in [0.25, 0.3) is 5.91 Å². The van der Waals surface area contributed by atoms with E-state index in [-0.39, 0.29) is 11.8 Å². The Labute approximate surface area is 151 Å². The van der Waals surface area contributed by atoms with Crippen molar-refractivity contribution in [2.24, 2.45) is 5.92 Å². The molecule has 1 saturated heterocycles. The molecule has 1 aliphatic carbocycles. The van der Waals surface area contributed by atoms with E-state index in [1.54, 1.807) is 16.2 Å². The molecule has 1 aromatic carbocycles. The maximum absolute atomic E-state index is 12.6. The average molecular weight is 354 g/mol. The van der Waals surface area contributed by atoms with Gasteiger partial charge in [0.05, 0.1) is 4.88 Å². The van der Waals surface area contributed by atoms with E-state index in [2.05, 4.69) is 18.3 Å². The summed E-state index contributed by atoms with van der Waals surface area (Å²) in [7, 11) is 0. The number of amides is 2. The molecule has 0 radical (unpaired) electrons. The summed E-state index contributed by atoms with van der Waals surface area (Å²) in [6, 6.07) is 9.62. The summed E-state index contributed by atoms with van der Waals surface area (Å²) in [4.78, 5) is 28.5. The van der Waals surface area contributed by atoms with E-state index in [1.165, 1.54) is 16.9 Å². The van der Waals surface area contributed by atoms with Crippen molar-refractivity contribution in [1.29, 1.82) is 0 Å². The van der Waals surface area contributed by atoms with Crippen LogP contribution in [0.25, 0.3) is 0 Å². The molecule has 2 heterocycles. The molecular formula is C20H22N2O2S. The summed E-state index contributed by atoms with van der Waals surface area (Å²) >= 11 is 1.62. The van der Waals surface area contributed by atoms with Gasteiger partial charge in [-0.1, -0.05) is 13.0 Å². The zero-order valence-electron chi connectivity index (χ0n) is 14.4. The second kappa shape index (κ2) is 6.64. The molecule has 2 aliphatic rings. The number of thiophene rings is 1.